The van der Waals surface area contributed by atoms with E-state index < -0.39 is 113 Å². The van der Waals surface area contributed by atoms with Gasteiger partial charge in [-0.2, -0.15) is 0 Å². The number of esters is 4. The van der Waals surface area contributed by atoms with E-state index in [0.717, 1.165) is 6.92 Å². The number of fused-ring (bicyclic) bond motifs is 5. The maximum Gasteiger partial charge on any atom is 0.338 e. The van der Waals surface area contributed by atoms with Gasteiger partial charge in [-0.15, -0.1) is 0 Å². The van der Waals surface area contributed by atoms with E-state index in [1.54, 1.807) is 69.3 Å². The number of hydrogen-bond donors (Lipinski definition) is 5. The number of methoxy groups -OCH3 is 1. The van der Waals surface area contributed by atoms with Gasteiger partial charge in [0.1, 0.15) is 30.0 Å². The van der Waals surface area contributed by atoms with Crippen LogP contribution >= 0.6 is 0 Å². The molecule has 2 aromatic rings. The molecule has 16 nitrogen and oxygen atoms in total. The Morgan fingerprint density at radius 2 is 1.51 bits per heavy atom. The standard InChI is InChI=1S/C43H53NO15/c1-22-28(57-39(52)32(48)27(20-54-7)44-37(50)25-14-10-8-11-15-25)19-43(53)36(58-38(51)26-16-12-9-13-17-26)34-41(6,29(47)18-30-42(34,21-55-30)59-24(3)46)35(49)33(56-23(2)45)31(22)40(43,4)5/h8-17,27-30,32-36,47-49,53H,18-21H2,1-7H3,(H,44,50)/t27-,28-,29-,30?,32+,33+,34-,35-,36-,41+,42-,43+/m0/s1. The lowest BCUT2D eigenvalue weighted by atomic mass is 9.44. The second-order valence-corrected chi connectivity index (χ2v) is 16.7. The Morgan fingerprint density at radius 1 is 0.898 bits per heavy atom. The molecule has 320 valence electrons. The third-order valence-electron chi connectivity index (χ3n) is 13.0. The molecule has 1 saturated heterocycles. The van der Waals surface area contributed by atoms with Gasteiger partial charge in [0, 0.05) is 50.2 Å². The zero-order valence-corrected chi connectivity index (χ0v) is 34.1. The van der Waals surface area contributed by atoms with Crippen molar-refractivity contribution in [2.24, 2.45) is 16.7 Å². The second-order valence-electron chi connectivity index (χ2n) is 16.7. The lowest BCUT2D eigenvalue weighted by Gasteiger charge is -2.69. The molecule has 1 amide bonds. The van der Waals surface area contributed by atoms with Crippen molar-refractivity contribution >= 4 is 29.8 Å². The molecule has 5 N–H and O–H groups in total. The summed E-state index contributed by atoms with van der Waals surface area (Å²) in [5.74, 6) is -5.78. The number of benzene rings is 2. The molecular weight excluding hydrogens is 770 g/mol. The largest absolute Gasteiger partial charge is 0.456 e. The molecule has 2 bridgehead atoms. The summed E-state index contributed by atoms with van der Waals surface area (Å²) in [6, 6.07) is 14.7. The maximum absolute atomic E-state index is 14.2. The monoisotopic (exact) mass is 823 g/mol. The Labute approximate surface area is 341 Å². The summed E-state index contributed by atoms with van der Waals surface area (Å²) in [6.45, 7) is 7.94. The van der Waals surface area contributed by atoms with Crippen LogP contribution in [0.2, 0.25) is 0 Å². The minimum atomic E-state index is -2.34. The number of aliphatic hydroxyl groups excluding tert-OH is 3. The molecule has 59 heavy (non-hydrogen) atoms. The zero-order chi connectivity index (χ0) is 43.2. The third kappa shape index (κ3) is 7.44. The number of ether oxygens (including phenoxy) is 6. The molecule has 6 rings (SSSR count). The second kappa shape index (κ2) is 16.4. The topological polar surface area (TPSA) is 234 Å². The highest BCUT2D eigenvalue weighted by Crippen LogP contribution is 2.65. The number of carbonyl (C=O) groups excluding carboxylic acids is 5. The van der Waals surface area contributed by atoms with Gasteiger partial charge < -0.3 is 54.2 Å². The first-order valence-corrected chi connectivity index (χ1v) is 19.5. The van der Waals surface area contributed by atoms with E-state index in [4.69, 9.17) is 28.4 Å². The van der Waals surface area contributed by atoms with E-state index in [2.05, 4.69) is 5.32 Å². The molecule has 12 atom stereocenters. The van der Waals surface area contributed by atoms with Gasteiger partial charge in [-0.25, -0.2) is 9.59 Å². The van der Waals surface area contributed by atoms with Crippen molar-refractivity contribution in [2.75, 3.05) is 20.3 Å². The first-order chi connectivity index (χ1) is 27.7. The van der Waals surface area contributed by atoms with Gasteiger partial charge in [0.2, 0.25) is 0 Å². The van der Waals surface area contributed by atoms with Gasteiger partial charge in [0.25, 0.3) is 5.91 Å². The Balaban J connectivity index is 1.52. The van der Waals surface area contributed by atoms with Crippen molar-refractivity contribution in [1.82, 2.24) is 5.32 Å². The van der Waals surface area contributed by atoms with Gasteiger partial charge in [0.05, 0.1) is 36.8 Å². The van der Waals surface area contributed by atoms with E-state index >= 15 is 0 Å². The van der Waals surface area contributed by atoms with Crippen LogP contribution in [-0.4, -0.2) is 131 Å². The maximum atomic E-state index is 14.2. The van der Waals surface area contributed by atoms with Crippen LogP contribution in [-0.2, 0) is 42.8 Å². The number of carbonyl (C=O) groups is 5. The predicted octanol–water partition coefficient (Wildman–Crippen LogP) is 1.80. The molecule has 1 heterocycles. The molecule has 4 aliphatic rings. The first kappa shape index (κ1) is 43.9. The van der Waals surface area contributed by atoms with E-state index in [0.29, 0.717) is 0 Å². The van der Waals surface area contributed by atoms with Crippen molar-refractivity contribution in [3.63, 3.8) is 0 Å². The average Bonchev–Trinajstić information content (AvgIpc) is 3.18. The van der Waals surface area contributed by atoms with Crippen molar-refractivity contribution in [3.05, 3.63) is 82.9 Å². The Hall–Kier alpha value is -4.71. The van der Waals surface area contributed by atoms with Crippen molar-refractivity contribution in [1.29, 1.82) is 0 Å². The molecule has 3 fully saturated rings. The number of nitrogens with one attached hydrogen (secondary N) is 1. The molecule has 16 heteroatoms. The Bertz CT molecular complexity index is 1970. The van der Waals surface area contributed by atoms with Gasteiger partial charge in [-0.05, 0) is 42.3 Å². The minimum Gasteiger partial charge on any atom is -0.456 e. The third-order valence-corrected chi connectivity index (χ3v) is 13.0. The summed E-state index contributed by atoms with van der Waals surface area (Å²) >= 11 is 0. The quantitative estimate of drug-likeness (QED) is 0.124. The Kier molecular flexibility index (Phi) is 12.2. The first-order valence-electron chi connectivity index (χ1n) is 19.5. The summed E-state index contributed by atoms with van der Waals surface area (Å²) in [5.41, 5.74) is -6.84. The van der Waals surface area contributed by atoms with Crippen molar-refractivity contribution in [2.45, 2.75) is 114 Å². The fourth-order valence-electron chi connectivity index (χ4n) is 9.87. The molecule has 3 aliphatic carbocycles. The number of rotatable bonds is 11. The van der Waals surface area contributed by atoms with Gasteiger partial charge in [0.15, 0.2) is 17.8 Å². The van der Waals surface area contributed by atoms with Gasteiger partial charge in [-0.3, -0.25) is 14.4 Å². The highest BCUT2D eigenvalue weighted by atomic mass is 16.6. The van der Waals surface area contributed by atoms with Crippen LogP contribution < -0.4 is 5.32 Å². The lowest BCUT2D eigenvalue weighted by molar-refractivity contribution is -0.365. The lowest BCUT2D eigenvalue weighted by Crippen LogP contribution is -2.82. The smallest absolute Gasteiger partial charge is 0.338 e. The predicted molar refractivity (Wildman–Crippen MR) is 205 cm³/mol. The van der Waals surface area contributed by atoms with Crippen LogP contribution in [0.3, 0.4) is 0 Å². The Morgan fingerprint density at radius 3 is 2.05 bits per heavy atom. The molecule has 0 aromatic heterocycles. The van der Waals surface area contributed by atoms with Crippen LogP contribution in [0.4, 0.5) is 0 Å². The number of hydrogen-bond acceptors (Lipinski definition) is 15. The molecule has 2 saturated carbocycles. The SMILES string of the molecule is COC[C@H](NC(=O)c1ccccc1)[C@@H](O)C(=O)O[C@H]1C[C@@]2(O)[C@@H](OC(=O)c3ccccc3)[C@H]3[C@@](C)([C@@H](O)CC4OC[C@]43OC(C)=O)[C@@H](O)[C@H](OC(C)=O)C(=C1C)C2(C)C. The molecule has 0 radical (unpaired) electrons. The molecule has 1 unspecified atom stereocenters. The minimum absolute atomic E-state index is 0.0888. The molecule has 2 aromatic carbocycles. The number of aliphatic hydroxyl groups is 4. The normalized spacial score (nSPS) is 34.2. The summed E-state index contributed by atoms with van der Waals surface area (Å²) < 4.78 is 35.5. The van der Waals surface area contributed by atoms with E-state index in [1.807, 2.05) is 0 Å². The summed E-state index contributed by atoms with van der Waals surface area (Å²) in [6.07, 6.45) is -11.8. The van der Waals surface area contributed by atoms with Crippen LogP contribution in [0.25, 0.3) is 0 Å². The average molecular weight is 824 g/mol. The fourth-order valence-corrected chi connectivity index (χ4v) is 9.87. The zero-order valence-electron chi connectivity index (χ0n) is 34.1. The molecule has 0 spiro atoms. The highest BCUT2D eigenvalue weighted by Gasteiger charge is 2.78. The van der Waals surface area contributed by atoms with Crippen molar-refractivity contribution < 1.29 is 72.8 Å². The summed E-state index contributed by atoms with van der Waals surface area (Å²) in [4.78, 5) is 67.1. The van der Waals surface area contributed by atoms with E-state index in [9.17, 15) is 44.4 Å². The summed E-state index contributed by atoms with van der Waals surface area (Å²) in [7, 11) is 1.31. The fraction of sp³-hybridized carbons (Fsp3) is 0.558. The van der Waals surface area contributed by atoms with E-state index in [1.165, 1.54) is 33.1 Å². The van der Waals surface area contributed by atoms with Crippen molar-refractivity contribution in [3.8, 4) is 0 Å². The van der Waals surface area contributed by atoms with Gasteiger partial charge >= 0.3 is 23.9 Å². The van der Waals surface area contributed by atoms with Crippen LogP contribution in [0, 0.1) is 16.7 Å². The van der Waals surface area contributed by atoms with E-state index in [-0.39, 0.29) is 41.9 Å². The summed E-state index contributed by atoms with van der Waals surface area (Å²) in [5, 5.41) is 52.4. The van der Waals surface area contributed by atoms with Crippen LogP contribution in [0.15, 0.2) is 71.8 Å². The molecule has 1 aliphatic heterocycles. The van der Waals surface area contributed by atoms with Gasteiger partial charge in [-0.1, -0.05) is 57.2 Å². The number of amides is 1. The molecular formula is C43H53NO15. The van der Waals surface area contributed by atoms with Crippen LogP contribution in [0.5, 0.6) is 0 Å². The highest BCUT2D eigenvalue weighted by molar-refractivity contribution is 5.94. The van der Waals surface area contributed by atoms with Crippen LogP contribution in [0.1, 0.15) is 75.1 Å².